The van der Waals surface area contributed by atoms with Gasteiger partial charge in [-0.25, -0.2) is 13.4 Å². The highest BCUT2D eigenvalue weighted by atomic mass is 35.5. The maximum absolute atomic E-state index is 12.8. The van der Waals surface area contributed by atoms with Crippen molar-refractivity contribution in [2.45, 2.75) is 27.8 Å². The lowest BCUT2D eigenvalue weighted by Crippen LogP contribution is -2.13. The highest BCUT2D eigenvalue weighted by Crippen LogP contribution is 2.33. The molecule has 0 aliphatic rings. The summed E-state index contributed by atoms with van der Waals surface area (Å²) in [6, 6.07) is 14.2. The van der Waals surface area contributed by atoms with Crippen molar-refractivity contribution in [3.8, 4) is 0 Å². The van der Waals surface area contributed by atoms with Crippen LogP contribution in [-0.2, 0) is 23.5 Å². The van der Waals surface area contributed by atoms with Crippen LogP contribution in [0.25, 0.3) is 0 Å². The van der Waals surface area contributed by atoms with Gasteiger partial charge in [-0.05, 0) is 54.4 Å². The summed E-state index contributed by atoms with van der Waals surface area (Å²) in [6.45, 7) is 0. The Balaban J connectivity index is 1.81. The fourth-order valence-corrected chi connectivity index (χ4v) is 4.67. The first-order valence-electron chi connectivity index (χ1n) is 8.41. The molecule has 142 valence electrons. The van der Waals surface area contributed by atoms with Gasteiger partial charge in [0.05, 0.1) is 10.6 Å². The summed E-state index contributed by atoms with van der Waals surface area (Å²) in [5, 5.41) is 0.783. The summed E-state index contributed by atoms with van der Waals surface area (Å²) in [4.78, 5) is 5.30. The standard InChI is InChI=1S/C19H20ClN3O2S2/c1-23-14-13-21-19(23)26-18-7-3-2-6-17(18)22-27(24,25)16-10-8-15(9-11-16)5-4-12-20/h2-3,6-11,13-14,22H,4-5,12H2,1H3. The van der Waals surface area contributed by atoms with Crippen molar-refractivity contribution in [3.63, 3.8) is 0 Å². The Hall–Kier alpha value is -1.96. The minimum absolute atomic E-state index is 0.230. The van der Waals surface area contributed by atoms with Gasteiger partial charge in [-0.3, -0.25) is 4.72 Å². The van der Waals surface area contributed by atoms with Gasteiger partial charge in [0.1, 0.15) is 0 Å². The van der Waals surface area contributed by atoms with Gasteiger partial charge in [-0.15, -0.1) is 11.6 Å². The van der Waals surface area contributed by atoms with Crippen LogP contribution in [0.3, 0.4) is 0 Å². The topological polar surface area (TPSA) is 64.0 Å². The summed E-state index contributed by atoms with van der Waals surface area (Å²) in [7, 11) is -1.78. The van der Waals surface area contributed by atoms with Crippen LogP contribution < -0.4 is 4.72 Å². The molecule has 3 aromatic rings. The maximum Gasteiger partial charge on any atom is 0.261 e. The van der Waals surface area contributed by atoms with Crippen molar-refractivity contribution >= 4 is 39.1 Å². The molecule has 0 fully saturated rings. The Labute approximate surface area is 168 Å². The lowest BCUT2D eigenvalue weighted by molar-refractivity contribution is 0.601. The summed E-state index contributed by atoms with van der Waals surface area (Å²) in [5.74, 6) is 0.589. The van der Waals surface area contributed by atoms with E-state index in [-0.39, 0.29) is 4.90 Å². The Kier molecular flexibility index (Phi) is 6.46. The number of para-hydroxylation sites is 1. The number of halogens is 1. The van der Waals surface area contributed by atoms with E-state index in [1.54, 1.807) is 30.5 Å². The number of alkyl halides is 1. The predicted octanol–water partition coefficient (Wildman–Crippen LogP) is 4.54. The lowest BCUT2D eigenvalue weighted by atomic mass is 10.1. The molecule has 8 heteroatoms. The third kappa shape index (κ3) is 5.06. The predicted molar refractivity (Wildman–Crippen MR) is 110 cm³/mol. The Morgan fingerprint density at radius 3 is 2.56 bits per heavy atom. The number of anilines is 1. The monoisotopic (exact) mass is 421 g/mol. The molecule has 0 radical (unpaired) electrons. The molecule has 0 aliphatic carbocycles. The van der Waals surface area contributed by atoms with E-state index in [1.165, 1.54) is 11.8 Å². The van der Waals surface area contributed by atoms with Crippen LogP contribution in [0.2, 0.25) is 0 Å². The molecule has 27 heavy (non-hydrogen) atoms. The van der Waals surface area contributed by atoms with Crippen LogP contribution in [0.15, 0.2) is 75.9 Å². The van der Waals surface area contributed by atoms with E-state index in [2.05, 4.69) is 9.71 Å². The van der Waals surface area contributed by atoms with Crippen LogP contribution in [0.4, 0.5) is 5.69 Å². The molecule has 0 aliphatic heterocycles. The summed E-state index contributed by atoms with van der Waals surface area (Å²) in [6.07, 6.45) is 5.26. The van der Waals surface area contributed by atoms with Crippen LogP contribution >= 0.6 is 23.4 Å². The SMILES string of the molecule is Cn1ccnc1Sc1ccccc1NS(=O)(=O)c1ccc(CCCCl)cc1. The second-order valence-electron chi connectivity index (χ2n) is 5.96. The van der Waals surface area contributed by atoms with Crippen LogP contribution in [0.5, 0.6) is 0 Å². The summed E-state index contributed by atoms with van der Waals surface area (Å²) in [5.41, 5.74) is 1.59. The van der Waals surface area contributed by atoms with E-state index in [4.69, 9.17) is 11.6 Å². The third-order valence-electron chi connectivity index (χ3n) is 3.94. The molecular formula is C19H20ClN3O2S2. The number of nitrogens with one attached hydrogen (secondary N) is 1. The first-order chi connectivity index (χ1) is 13.0. The molecule has 0 saturated heterocycles. The summed E-state index contributed by atoms with van der Waals surface area (Å²) >= 11 is 7.11. The van der Waals surface area contributed by atoms with E-state index in [0.29, 0.717) is 11.6 Å². The van der Waals surface area contributed by atoms with Gasteiger partial charge in [0.2, 0.25) is 0 Å². The average molecular weight is 422 g/mol. The normalized spacial score (nSPS) is 11.5. The fourth-order valence-electron chi connectivity index (χ4n) is 2.50. The quantitative estimate of drug-likeness (QED) is 0.542. The number of benzene rings is 2. The molecule has 0 spiro atoms. The van der Waals surface area contributed by atoms with Crippen LogP contribution in [-0.4, -0.2) is 23.8 Å². The van der Waals surface area contributed by atoms with Gasteiger partial charge >= 0.3 is 0 Å². The molecule has 0 bridgehead atoms. The van der Waals surface area contributed by atoms with Gasteiger partial charge in [-0.2, -0.15) is 0 Å². The number of imidazole rings is 1. The van der Waals surface area contributed by atoms with Crippen LogP contribution in [0.1, 0.15) is 12.0 Å². The molecule has 5 nitrogen and oxygen atoms in total. The zero-order valence-electron chi connectivity index (χ0n) is 14.8. The molecule has 0 amide bonds. The largest absolute Gasteiger partial charge is 0.329 e. The molecule has 0 unspecified atom stereocenters. The highest BCUT2D eigenvalue weighted by Gasteiger charge is 2.17. The van der Waals surface area contributed by atoms with E-state index in [9.17, 15) is 8.42 Å². The van der Waals surface area contributed by atoms with Gasteiger partial charge in [0.15, 0.2) is 5.16 Å². The zero-order chi connectivity index (χ0) is 19.3. The van der Waals surface area contributed by atoms with Crippen molar-refractivity contribution in [1.29, 1.82) is 0 Å². The number of sulfonamides is 1. The smallest absolute Gasteiger partial charge is 0.261 e. The second kappa shape index (κ2) is 8.82. The number of nitrogens with zero attached hydrogens (tertiary/aromatic N) is 2. The van der Waals surface area contributed by atoms with Gasteiger partial charge in [-0.1, -0.05) is 24.3 Å². The van der Waals surface area contributed by atoms with E-state index in [0.717, 1.165) is 28.5 Å². The Morgan fingerprint density at radius 2 is 1.89 bits per heavy atom. The first kappa shape index (κ1) is 19.8. The van der Waals surface area contributed by atoms with Crippen molar-refractivity contribution < 1.29 is 8.42 Å². The number of aromatic nitrogens is 2. The van der Waals surface area contributed by atoms with E-state index in [1.807, 2.05) is 42.1 Å². The first-order valence-corrected chi connectivity index (χ1v) is 11.2. The number of hydrogen-bond donors (Lipinski definition) is 1. The zero-order valence-corrected chi connectivity index (χ0v) is 17.2. The molecule has 0 atom stereocenters. The Bertz CT molecular complexity index is 1000. The van der Waals surface area contributed by atoms with Crippen molar-refractivity contribution in [2.24, 2.45) is 7.05 Å². The molecule has 0 saturated carbocycles. The second-order valence-corrected chi connectivity index (χ2v) is 9.03. The lowest BCUT2D eigenvalue weighted by Gasteiger charge is -2.12. The van der Waals surface area contributed by atoms with E-state index >= 15 is 0 Å². The van der Waals surface area contributed by atoms with Gasteiger partial charge < -0.3 is 4.57 Å². The number of aryl methyl sites for hydroxylation is 2. The third-order valence-corrected chi connectivity index (χ3v) is 6.74. The molecule has 3 rings (SSSR count). The molecular weight excluding hydrogens is 402 g/mol. The van der Waals surface area contributed by atoms with Crippen LogP contribution in [0, 0.1) is 0 Å². The number of hydrogen-bond acceptors (Lipinski definition) is 4. The van der Waals surface area contributed by atoms with Crippen molar-refractivity contribution in [2.75, 3.05) is 10.6 Å². The van der Waals surface area contributed by atoms with Crippen molar-refractivity contribution in [1.82, 2.24) is 9.55 Å². The average Bonchev–Trinajstić information content (AvgIpc) is 3.06. The molecule has 1 heterocycles. The maximum atomic E-state index is 12.8. The summed E-state index contributed by atoms with van der Waals surface area (Å²) < 4.78 is 30.1. The molecule has 2 aromatic carbocycles. The molecule has 1 aromatic heterocycles. The highest BCUT2D eigenvalue weighted by molar-refractivity contribution is 7.99. The minimum atomic E-state index is -3.68. The van der Waals surface area contributed by atoms with E-state index < -0.39 is 10.0 Å². The number of rotatable bonds is 8. The van der Waals surface area contributed by atoms with Gasteiger partial charge in [0, 0.05) is 30.2 Å². The Morgan fingerprint density at radius 1 is 1.15 bits per heavy atom. The van der Waals surface area contributed by atoms with Crippen molar-refractivity contribution in [3.05, 3.63) is 66.5 Å². The fraction of sp³-hybridized carbons (Fsp3) is 0.211. The molecule has 1 N–H and O–H groups in total. The minimum Gasteiger partial charge on any atom is -0.329 e. The van der Waals surface area contributed by atoms with Gasteiger partial charge in [0.25, 0.3) is 10.0 Å².